The lowest BCUT2D eigenvalue weighted by Gasteiger charge is -2.07. The highest BCUT2D eigenvalue weighted by atomic mass is 19.1. The van der Waals surface area contributed by atoms with Gasteiger partial charge in [0.2, 0.25) is 0 Å². The first kappa shape index (κ1) is 12.0. The van der Waals surface area contributed by atoms with Gasteiger partial charge in [0.05, 0.1) is 12.8 Å². The second-order valence-corrected chi connectivity index (χ2v) is 3.56. The molecule has 0 unspecified atom stereocenters. The number of hydrogen-bond acceptors (Lipinski definition) is 4. The van der Waals surface area contributed by atoms with Crippen LogP contribution in [0.4, 0.5) is 4.39 Å². The van der Waals surface area contributed by atoms with Crippen LogP contribution in [0.3, 0.4) is 0 Å². The third-order valence-electron chi connectivity index (χ3n) is 2.48. The van der Waals surface area contributed by atoms with Crippen LogP contribution in [0.25, 0.3) is 5.69 Å². The molecule has 0 spiro atoms. The number of carboxylic acid groups (broad SMARTS) is 1. The van der Waals surface area contributed by atoms with E-state index in [1.165, 1.54) is 32.2 Å². The zero-order valence-corrected chi connectivity index (χ0v) is 9.72. The van der Waals surface area contributed by atoms with E-state index in [-0.39, 0.29) is 17.1 Å². The molecule has 1 aromatic carbocycles. The molecule has 2 aromatic rings. The quantitative estimate of drug-likeness (QED) is 0.892. The van der Waals surface area contributed by atoms with Crippen LogP contribution in [0.5, 0.6) is 5.75 Å². The molecule has 94 valence electrons. The van der Waals surface area contributed by atoms with Crippen LogP contribution in [-0.2, 0) is 0 Å². The van der Waals surface area contributed by atoms with Gasteiger partial charge in [-0.3, -0.25) is 0 Å². The number of halogens is 1. The monoisotopic (exact) mass is 251 g/mol. The van der Waals surface area contributed by atoms with Crippen molar-refractivity contribution in [2.75, 3.05) is 7.11 Å². The highest BCUT2D eigenvalue weighted by Crippen LogP contribution is 2.21. The van der Waals surface area contributed by atoms with Gasteiger partial charge in [-0.25, -0.2) is 13.9 Å². The number of aromatic nitrogens is 3. The van der Waals surface area contributed by atoms with Crippen molar-refractivity contribution in [2.45, 2.75) is 6.92 Å². The molecule has 0 atom stereocenters. The number of carbonyl (C=O) groups is 1. The third-order valence-corrected chi connectivity index (χ3v) is 2.48. The Morgan fingerprint density at radius 2 is 2.22 bits per heavy atom. The van der Waals surface area contributed by atoms with Crippen LogP contribution < -0.4 is 4.74 Å². The predicted molar refractivity (Wildman–Crippen MR) is 59.6 cm³/mol. The van der Waals surface area contributed by atoms with Crippen LogP contribution in [0, 0.1) is 12.7 Å². The van der Waals surface area contributed by atoms with Crippen molar-refractivity contribution in [1.29, 1.82) is 0 Å². The molecule has 7 heteroatoms. The molecule has 2 rings (SSSR count). The smallest absolute Gasteiger partial charge is 0.358 e. The molecule has 1 heterocycles. The summed E-state index contributed by atoms with van der Waals surface area (Å²) >= 11 is 0. The fraction of sp³-hybridized carbons (Fsp3) is 0.182. The third kappa shape index (κ3) is 1.90. The van der Waals surface area contributed by atoms with Crippen LogP contribution in [0.1, 0.15) is 16.2 Å². The Morgan fingerprint density at radius 1 is 1.50 bits per heavy atom. The van der Waals surface area contributed by atoms with Gasteiger partial charge in [-0.2, -0.15) is 0 Å². The number of ether oxygens (including phenoxy) is 1. The molecule has 18 heavy (non-hydrogen) atoms. The molecule has 0 saturated heterocycles. The number of methoxy groups -OCH3 is 1. The molecule has 1 N–H and O–H groups in total. The first-order valence-corrected chi connectivity index (χ1v) is 5.04. The Labute approximate surface area is 102 Å². The lowest BCUT2D eigenvalue weighted by atomic mass is 10.2. The van der Waals surface area contributed by atoms with Crippen LogP contribution in [0.15, 0.2) is 18.2 Å². The van der Waals surface area contributed by atoms with E-state index in [2.05, 4.69) is 10.3 Å². The molecule has 0 aliphatic heterocycles. The van der Waals surface area contributed by atoms with Gasteiger partial charge in [-0.05, 0) is 19.1 Å². The average Bonchev–Trinajstić information content (AvgIpc) is 2.72. The summed E-state index contributed by atoms with van der Waals surface area (Å²) in [7, 11) is 1.45. The van der Waals surface area contributed by atoms with E-state index in [1.807, 2.05) is 0 Å². The minimum absolute atomic E-state index is 0.0897. The Morgan fingerprint density at radius 3 is 2.78 bits per heavy atom. The van der Waals surface area contributed by atoms with Crippen molar-refractivity contribution in [3.05, 3.63) is 35.4 Å². The zero-order chi connectivity index (χ0) is 13.3. The van der Waals surface area contributed by atoms with Crippen molar-refractivity contribution in [1.82, 2.24) is 15.0 Å². The lowest BCUT2D eigenvalue weighted by molar-refractivity contribution is 0.0689. The topological polar surface area (TPSA) is 77.2 Å². The fourth-order valence-corrected chi connectivity index (χ4v) is 1.54. The molecule has 0 bridgehead atoms. The molecule has 6 nitrogen and oxygen atoms in total. The summed E-state index contributed by atoms with van der Waals surface area (Å²) in [6, 6.07) is 4.10. The standard InChI is InChI=1S/C11H10FN3O3/c1-6-10(11(16)17)13-14-15(6)9-5-7(18-2)3-4-8(9)12/h3-5H,1-2H3,(H,16,17). The Kier molecular flexibility index (Phi) is 2.97. The second kappa shape index (κ2) is 4.44. The Hall–Kier alpha value is -2.44. The number of rotatable bonds is 3. The first-order chi connectivity index (χ1) is 8.54. The van der Waals surface area contributed by atoms with E-state index in [1.54, 1.807) is 0 Å². The first-order valence-electron chi connectivity index (χ1n) is 5.04. The summed E-state index contributed by atoms with van der Waals surface area (Å²) in [5.41, 5.74) is 0.124. The summed E-state index contributed by atoms with van der Waals surface area (Å²) in [4.78, 5) is 10.8. The van der Waals surface area contributed by atoms with E-state index < -0.39 is 11.8 Å². The molecular weight excluding hydrogens is 241 g/mol. The van der Waals surface area contributed by atoms with Gasteiger partial charge in [0.15, 0.2) is 5.69 Å². The molecule has 1 aromatic heterocycles. The largest absolute Gasteiger partial charge is 0.497 e. The van der Waals surface area contributed by atoms with E-state index >= 15 is 0 Å². The predicted octanol–water partition coefficient (Wildman–Crippen LogP) is 1.42. The second-order valence-electron chi connectivity index (χ2n) is 3.56. The molecular formula is C11H10FN3O3. The number of aromatic carboxylic acids is 1. The number of benzene rings is 1. The highest BCUT2D eigenvalue weighted by Gasteiger charge is 2.18. The summed E-state index contributed by atoms with van der Waals surface area (Å²) in [5.74, 6) is -1.30. The molecule has 0 radical (unpaired) electrons. The summed E-state index contributed by atoms with van der Waals surface area (Å²) in [5, 5.41) is 16.0. The minimum Gasteiger partial charge on any atom is -0.497 e. The van der Waals surface area contributed by atoms with E-state index in [0.717, 1.165) is 4.68 Å². The van der Waals surface area contributed by atoms with Gasteiger partial charge >= 0.3 is 5.97 Å². The summed E-state index contributed by atoms with van der Waals surface area (Å²) in [6.45, 7) is 1.50. The number of carboxylic acids is 1. The van der Waals surface area contributed by atoms with Gasteiger partial charge in [0.1, 0.15) is 17.3 Å². The van der Waals surface area contributed by atoms with E-state index in [0.29, 0.717) is 5.75 Å². The maximum Gasteiger partial charge on any atom is 0.358 e. The van der Waals surface area contributed by atoms with Gasteiger partial charge < -0.3 is 9.84 Å². The van der Waals surface area contributed by atoms with Gasteiger partial charge in [-0.15, -0.1) is 5.10 Å². The molecule has 0 saturated carbocycles. The Balaban J connectivity index is 2.58. The van der Waals surface area contributed by atoms with Gasteiger partial charge in [0, 0.05) is 6.07 Å². The summed E-state index contributed by atoms with van der Waals surface area (Å²) in [6.07, 6.45) is 0. The minimum atomic E-state index is -1.21. The summed E-state index contributed by atoms with van der Waals surface area (Å²) < 4.78 is 19.8. The van der Waals surface area contributed by atoms with Gasteiger partial charge in [0.25, 0.3) is 0 Å². The van der Waals surface area contributed by atoms with Crippen molar-refractivity contribution in [3.63, 3.8) is 0 Å². The molecule has 0 amide bonds. The Bertz CT molecular complexity index is 610. The lowest BCUT2D eigenvalue weighted by Crippen LogP contribution is -2.04. The molecule has 0 fully saturated rings. The maximum absolute atomic E-state index is 13.7. The number of hydrogen-bond donors (Lipinski definition) is 1. The molecule has 0 aliphatic carbocycles. The normalized spacial score (nSPS) is 10.4. The van der Waals surface area contributed by atoms with Crippen LogP contribution in [-0.4, -0.2) is 33.2 Å². The highest BCUT2D eigenvalue weighted by molar-refractivity contribution is 5.86. The van der Waals surface area contributed by atoms with Crippen molar-refractivity contribution in [2.24, 2.45) is 0 Å². The zero-order valence-electron chi connectivity index (χ0n) is 9.72. The van der Waals surface area contributed by atoms with Crippen molar-refractivity contribution < 1.29 is 19.0 Å². The van der Waals surface area contributed by atoms with Gasteiger partial charge in [-0.1, -0.05) is 5.21 Å². The van der Waals surface area contributed by atoms with E-state index in [4.69, 9.17) is 9.84 Å². The van der Waals surface area contributed by atoms with Crippen molar-refractivity contribution >= 4 is 5.97 Å². The SMILES string of the molecule is COc1ccc(F)c(-n2nnc(C(=O)O)c2C)c1. The van der Waals surface area contributed by atoms with E-state index in [9.17, 15) is 9.18 Å². The van der Waals surface area contributed by atoms with Crippen LogP contribution >= 0.6 is 0 Å². The fourth-order valence-electron chi connectivity index (χ4n) is 1.54. The average molecular weight is 251 g/mol. The van der Waals surface area contributed by atoms with Crippen LogP contribution in [0.2, 0.25) is 0 Å². The molecule has 0 aliphatic rings. The maximum atomic E-state index is 13.7. The number of nitrogens with zero attached hydrogens (tertiary/aromatic N) is 3. The van der Waals surface area contributed by atoms with Crippen molar-refractivity contribution in [3.8, 4) is 11.4 Å².